The molecule has 1 aromatic heterocycles. The highest BCUT2D eigenvalue weighted by Gasteiger charge is 2.24. The second kappa shape index (κ2) is 8.07. The van der Waals surface area contributed by atoms with Crippen LogP contribution >= 0.6 is 0 Å². The van der Waals surface area contributed by atoms with E-state index in [0.29, 0.717) is 34.4 Å². The van der Waals surface area contributed by atoms with E-state index in [4.69, 9.17) is 9.52 Å². The van der Waals surface area contributed by atoms with E-state index in [0.717, 1.165) is 29.7 Å². The fourth-order valence-electron chi connectivity index (χ4n) is 3.76. The molecular weight excluding hydrogens is 394 g/mol. The van der Waals surface area contributed by atoms with Crippen molar-refractivity contribution in [3.8, 4) is 0 Å². The first kappa shape index (κ1) is 20.3. The van der Waals surface area contributed by atoms with Gasteiger partial charge >= 0.3 is 5.97 Å². The Morgan fingerprint density at radius 2 is 1.90 bits per heavy atom. The highest BCUT2D eigenvalue weighted by atomic mass is 16.4. The maximum absolute atomic E-state index is 13.0. The molecule has 0 atom stereocenters. The Morgan fingerprint density at radius 3 is 2.68 bits per heavy atom. The Kier molecular flexibility index (Phi) is 5.29. The molecule has 31 heavy (non-hydrogen) atoms. The van der Waals surface area contributed by atoms with Crippen LogP contribution in [0.3, 0.4) is 0 Å². The van der Waals surface area contributed by atoms with Gasteiger partial charge in [-0.2, -0.15) is 0 Å². The van der Waals surface area contributed by atoms with Crippen molar-refractivity contribution in [2.75, 3.05) is 5.32 Å². The lowest BCUT2D eigenvalue weighted by molar-refractivity contribution is -0.131. The van der Waals surface area contributed by atoms with Gasteiger partial charge in [-0.25, -0.2) is 4.79 Å². The molecule has 156 valence electrons. The molecule has 2 N–H and O–H groups in total. The lowest BCUT2D eigenvalue weighted by atomic mass is 10.0. The van der Waals surface area contributed by atoms with Crippen LogP contribution < -0.4 is 10.7 Å². The van der Waals surface area contributed by atoms with E-state index in [9.17, 15) is 14.4 Å². The number of hydrogen-bond donors (Lipinski definition) is 2. The molecular formula is C25H21NO5. The van der Waals surface area contributed by atoms with E-state index < -0.39 is 11.9 Å². The summed E-state index contributed by atoms with van der Waals surface area (Å²) in [6, 6.07) is 10.9. The standard InChI is InChI=1S/C25H21NO5/c1-14-4-3-5-16(15(14)2)12-17-6-8-20-24(30)19-9-7-18(13-21(19)31-25(17)20)26-22(27)10-11-23(28)29/h3-5,7,9-13H,6,8H2,1-2H3,(H,26,27)(H,28,29). The van der Waals surface area contributed by atoms with Crippen LogP contribution in [0.5, 0.6) is 0 Å². The number of hydrogen-bond acceptors (Lipinski definition) is 4. The van der Waals surface area contributed by atoms with E-state index in [-0.39, 0.29) is 5.43 Å². The summed E-state index contributed by atoms with van der Waals surface area (Å²) in [5.41, 5.74) is 5.84. The first-order valence-electron chi connectivity index (χ1n) is 9.92. The first-order valence-corrected chi connectivity index (χ1v) is 9.92. The van der Waals surface area contributed by atoms with Gasteiger partial charge in [-0.3, -0.25) is 9.59 Å². The summed E-state index contributed by atoms with van der Waals surface area (Å²) in [5.74, 6) is -1.20. The maximum atomic E-state index is 13.0. The van der Waals surface area contributed by atoms with Crippen molar-refractivity contribution in [3.63, 3.8) is 0 Å². The third-order valence-electron chi connectivity index (χ3n) is 5.54. The second-order valence-corrected chi connectivity index (χ2v) is 7.57. The fourth-order valence-corrected chi connectivity index (χ4v) is 3.76. The number of benzene rings is 2. The zero-order valence-electron chi connectivity index (χ0n) is 17.2. The minimum absolute atomic E-state index is 0.0655. The van der Waals surface area contributed by atoms with E-state index in [2.05, 4.69) is 31.3 Å². The summed E-state index contributed by atoms with van der Waals surface area (Å²) in [5, 5.41) is 11.7. The topological polar surface area (TPSA) is 96.6 Å². The predicted octanol–water partition coefficient (Wildman–Crippen LogP) is 4.48. The van der Waals surface area contributed by atoms with Crippen LogP contribution in [0.2, 0.25) is 0 Å². The molecule has 0 saturated carbocycles. The van der Waals surface area contributed by atoms with Crippen molar-refractivity contribution in [3.05, 3.63) is 86.8 Å². The second-order valence-electron chi connectivity index (χ2n) is 7.57. The Hall–Kier alpha value is -3.93. The smallest absolute Gasteiger partial charge is 0.328 e. The number of allylic oxidation sites excluding steroid dienone is 1. The lowest BCUT2D eigenvalue weighted by Crippen LogP contribution is -2.11. The molecule has 0 radical (unpaired) electrons. The van der Waals surface area contributed by atoms with Crippen LogP contribution in [0.15, 0.2) is 57.8 Å². The molecule has 1 amide bonds. The lowest BCUT2D eigenvalue weighted by Gasteiger charge is -2.08. The molecule has 6 heteroatoms. The zero-order chi connectivity index (χ0) is 22.1. The quantitative estimate of drug-likeness (QED) is 0.613. The summed E-state index contributed by atoms with van der Waals surface area (Å²) in [4.78, 5) is 35.4. The summed E-state index contributed by atoms with van der Waals surface area (Å²) in [6.07, 6.45) is 5.11. The average Bonchev–Trinajstić information content (AvgIpc) is 3.13. The summed E-state index contributed by atoms with van der Waals surface area (Å²) in [6.45, 7) is 4.14. The molecule has 6 nitrogen and oxygen atoms in total. The number of anilines is 1. The van der Waals surface area contributed by atoms with Gasteiger partial charge in [0.1, 0.15) is 11.3 Å². The third kappa shape index (κ3) is 4.05. The molecule has 0 bridgehead atoms. The molecule has 0 unspecified atom stereocenters. The number of nitrogens with one attached hydrogen (secondary N) is 1. The molecule has 1 aliphatic carbocycles. The molecule has 0 aliphatic heterocycles. The van der Waals surface area contributed by atoms with Crippen molar-refractivity contribution in [2.45, 2.75) is 26.7 Å². The highest BCUT2D eigenvalue weighted by Crippen LogP contribution is 2.35. The van der Waals surface area contributed by atoms with Gasteiger partial charge in [0.15, 0.2) is 5.43 Å². The molecule has 0 spiro atoms. The fraction of sp³-hybridized carbons (Fsp3) is 0.160. The van der Waals surface area contributed by atoms with Crippen molar-refractivity contribution in [1.29, 1.82) is 0 Å². The van der Waals surface area contributed by atoms with E-state index in [1.807, 2.05) is 12.1 Å². The van der Waals surface area contributed by atoms with Gasteiger partial charge in [-0.1, -0.05) is 18.2 Å². The monoisotopic (exact) mass is 415 g/mol. The summed E-state index contributed by atoms with van der Waals surface area (Å²) >= 11 is 0. The third-order valence-corrected chi connectivity index (χ3v) is 5.54. The number of aliphatic carboxylic acids is 1. The molecule has 0 fully saturated rings. The number of rotatable bonds is 4. The number of carbonyl (C=O) groups excluding carboxylic acids is 1. The van der Waals surface area contributed by atoms with Gasteiger partial charge in [-0.05, 0) is 67.2 Å². The molecule has 3 aromatic rings. The highest BCUT2D eigenvalue weighted by molar-refractivity contribution is 6.03. The molecule has 4 rings (SSSR count). The number of carboxylic acids is 1. The zero-order valence-corrected chi connectivity index (χ0v) is 17.2. The average molecular weight is 415 g/mol. The van der Waals surface area contributed by atoms with Crippen LogP contribution in [0.1, 0.15) is 34.4 Å². The molecule has 1 heterocycles. The Morgan fingerprint density at radius 1 is 1.10 bits per heavy atom. The number of carbonyl (C=O) groups is 2. The van der Waals surface area contributed by atoms with E-state index in [1.54, 1.807) is 18.2 Å². The summed E-state index contributed by atoms with van der Waals surface area (Å²) in [7, 11) is 0. The predicted molar refractivity (Wildman–Crippen MR) is 120 cm³/mol. The van der Waals surface area contributed by atoms with Gasteiger partial charge in [0.05, 0.1) is 5.39 Å². The van der Waals surface area contributed by atoms with Crippen LogP contribution in [0.25, 0.3) is 22.6 Å². The Bertz CT molecular complexity index is 1340. The van der Waals surface area contributed by atoms with E-state index >= 15 is 0 Å². The maximum Gasteiger partial charge on any atom is 0.328 e. The number of amides is 1. The SMILES string of the molecule is Cc1cccc(C=C2CCc3c2oc2cc(NC(=O)C=CC(=O)O)ccc2c3=O)c1C. The Labute approximate surface area is 178 Å². The van der Waals surface area contributed by atoms with Crippen LogP contribution in [-0.2, 0) is 16.0 Å². The largest absolute Gasteiger partial charge is 0.478 e. The van der Waals surface area contributed by atoms with E-state index in [1.165, 1.54) is 11.1 Å². The van der Waals surface area contributed by atoms with Gasteiger partial charge in [-0.15, -0.1) is 0 Å². The number of fused-ring (bicyclic) bond motifs is 2. The van der Waals surface area contributed by atoms with Crippen LogP contribution in [-0.4, -0.2) is 17.0 Å². The van der Waals surface area contributed by atoms with Gasteiger partial charge in [0.2, 0.25) is 5.91 Å². The van der Waals surface area contributed by atoms with Gasteiger partial charge in [0.25, 0.3) is 0 Å². The van der Waals surface area contributed by atoms with Crippen LogP contribution in [0.4, 0.5) is 5.69 Å². The van der Waals surface area contributed by atoms with Crippen molar-refractivity contribution in [2.24, 2.45) is 0 Å². The number of aryl methyl sites for hydroxylation is 1. The minimum Gasteiger partial charge on any atom is -0.478 e. The normalized spacial score (nSPS) is 14.3. The molecule has 1 aliphatic rings. The number of carboxylic acid groups (broad SMARTS) is 1. The van der Waals surface area contributed by atoms with Gasteiger partial charge < -0.3 is 14.8 Å². The summed E-state index contributed by atoms with van der Waals surface area (Å²) < 4.78 is 6.13. The minimum atomic E-state index is -1.21. The molecule has 0 saturated heterocycles. The van der Waals surface area contributed by atoms with Crippen molar-refractivity contribution in [1.82, 2.24) is 0 Å². The first-order chi connectivity index (χ1) is 14.8. The van der Waals surface area contributed by atoms with Gasteiger partial charge in [0, 0.05) is 29.5 Å². The van der Waals surface area contributed by atoms with Crippen LogP contribution in [0, 0.1) is 13.8 Å². The van der Waals surface area contributed by atoms with Crippen molar-refractivity contribution < 1.29 is 19.1 Å². The Balaban J connectivity index is 1.74. The molecule has 2 aromatic carbocycles. The van der Waals surface area contributed by atoms with Crippen molar-refractivity contribution >= 4 is 40.2 Å².